The van der Waals surface area contributed by atoms with Gasteiger partial charge in [0, 0.05) is 55.0 Å². The lowest BCUT2D eigenvalue weighted by Crippen LogP contribution is -2.20. The normalized spacial score (nSPS) is 17.5. The summed E-state index contributed by atoms with van der Waals surface area (Å²) in [4.78, 5) is 20.0. The number of carboxylic acids is 1. The van der Waals surface area contributed by atoms with Crippen molar-refractivity contribution in [2.24, 2.45) is 16.8 Å². The second kappa shape index (κ2) is 9.52. The van der Waals surface area contributed by atoms with Crippen molar-refractivity contribution in [2.45, 2.75) is 25.8 Å². The fraction of sp³-hybridized carbons (Fsp3) is 0.267. The molecule has 0 aliphatic carbocycles. The summed E-state index contributed by atoms with van der Waals surface area (Å²) in [6.07, 6.45) is 8.94. The smallest absolute Gasteiger partial charge is 0.336 e. The zero-order valence-electron chi connectivity index (χ0n) is 19.9. The summed E-state index contributed by atoms with van der Waals surface area (Å²) in [6, 6.07) is 15.4. The van der Waals surface area contributed by atoms with Crippen LogP contribution in [-0.2, 0) is 17.7 Å². The lowest BCUT2D eigenvalue weighted by atomic mass is 9.93. The van der Waals surface area contributed by atoms with Crippen molar-refractivity contribution in [2.75, 3.05) is 13.2 Å². The molecule has 1 atom stereocenters. The van der Waals surface area contributed by atoms with Crippen LogP contribution in [0, 0.1) is 23.7 Å². The van der Waals surface area contributed by atoms with Crippen LogP contribution in [0.5, 0.6) is 0 Å². The molecule has 36 heavy (non-hydrogen) atoms. The number of aromatic carboxylic acids is 1. The van der Waals surface area contributed by atoms with Crippen molar-refractivity contribution in [1.82, 2.24) is 9.55 Å². The molecular weight excluding hydrogens is 450 g/mol. The first-order valence-electron chi connectivity index (χ1n) is 12.4. The number of aromatic nitrogens is 2. The fourth-order valence-electron chi connectivity index (χ4n) is 5.24. The minimum atomic E-state index is -0.963. The number of carboxylic acid groups (broad SMARTS) is 1. The van der Waals surface area contributed by atoms with Crippen LogP contribution in [0.2, 0.25) is 0 Å². The van der Waals surface area contributed by atoms with Crippen LogP contribution in [-0.4, -0.2) is 40.1 Å². The molecule has 1 unspecified atom stereocenters. The lowest BCUT2D eigenvalue weighted by Gasteiger charge is -2.23. The van der Waals surface area contributed by atoms with Crippen LogP contribution in [0.3, 0.4) is 0 Å². The summed E-state index contributed by atoms with van der Waals surface area (Å²) in [7, 11) is 0. The van der Waals surface area contributed by atoms with Gasteiger partial charge >= 0.3 is 5.97 Å². The SMILES string of the molecule is O=C(O)c1cccc(C#CC2C=Nc3c(ccn3CC3CCOCC3)C2)c1-c1ccc2cc[nH]c2c1. The van der Waals surface area contributed by atoms with Crippen LogP contribution in [0.1, 0.15) is 34.3 Å². The Morgan fingerprint density at radius 2 is 2.06 bits per heavy atom. The molecule has 2 aliphatic rings. The summed E-state index contributed by atoms with van der Waals surface area (Å²) >= 11 is 0. The molecule has 180 valence electrons. The second-order valence-corrected chi connectivity index (χ2v) is 9.54. The van der Waals surface area contributed by atoms with Crippen molar-refractivity contribution in [3.63, 3.8) is 0 Å². The van der Waals surface area contributed by atoms with E-state index >= 15 is 0 Å². The van der Waals surface area contributed by atoms with E-state index in [4.69, 9.17) is 9.73 Å². The lowest BCUT2D eigenvalue weighted by molar-refractivity contribution is 0.0614. The maximum Gasteiger partial charge on any atom is 0.336 e. The topological polar surface area (TPSA) is 79.6 Å². The highest BCUT2D eigenvalue weighted by atomic mass is 16.5. The van der Waals surface area contributed by atoms with Crippen LogP contribution < -0.4 is 0 Å². The summed E-state index contributed by atoms with van der Waals surface area (Å²) in [5.74, 6) is 7.32. The number of benzene rings is 2. The number of fused-ring (bicyclic) bond motifs is 2. The molecule has 4 aromatic rings. The average Bonchev–Trinajstić information content (AvgIpc) is 3.54. The number of hydrogen-bond donors (Lipinski definition) is 2. The third-order valence-corrected chi connectivity index (χ3v) is 7.16. The standard InChI is InChI=1S/C30H27N3O3/c34-30(35)26-3-1-2-23(28(26)24-7-6-22-8-12-31-27(22)17-24)5-4-21-16-25-9-13-33(29(25)32-18-21)19-20-10-14-36-15-11-20/h1-3,6-9,12-13,17-18,20-21,31H,10-11,14-16,19H2,(H,34,35). The van der Waals surface area contributed by atoms with Gasteiger partial charge < -0.3 is 19.4 Å². The molecule has 1 fully saturated rings. The van der Waals surface area contributed by atoms with Gasteiger partial charge in [-0.25, -0.2) is 9.79 Å². The summed E-state index contributed by atoms with van der Waals surface area (Å²) in [5.41, 5.74) is 4.60. The van der Waals surface area contributed by atoms with Crippen LogP contribution in [0.4, 0.5) is 5.82 Å². The molecule has 2 aromatic carbocycles. The monoisotopic (exact) mass is 477 g/mol. The predicted octanol–water partition coefficient (Wildman–Crippen LogP) is 5.69. The Morgan fingerprint density at radius 1 is 1.17 bits per heavy atom. The largest absolute Gasteiger partial charge is 0.478 e. The number of aliphatic imine (C=N–C) groups is 1. The maximum atomic E-state index is 12.1. The van der Waals surface area contributed by atoms with Gasteiger partial charge in [0.15, 0.2) is 0 Å². The highest BCUT2D eigenvalue weighted by molar-refractivity contribution is 5.99. The van der Waals surface area contributed by atoms with Crippen molar-refractivity contribution in [3.05, 3.63) is 77.6 Å². The van der Waals surface area contributed by atoms with Crippen LogP contribution in [0.15, 0.2) is 65.9 Å². The van der Waals surface area contributed by atoms with E-state index in [2.05, 4.69) is 33.7 Å². The molecule has 2 aromatic heterocycles. The molecule has 4 heterocycles. The molecule has 6 rings (SSSR count). The molecule has 6 heteroatoms. The van der Waals surface area contributed by atoms with Gasteiger partial charge in [0.05, 0.1) is 11.5 Å². The molecular formula is C30H27N3O3. The number of nitrogens with zero attached hydrogens (tertiary/aromatic N) is 2. The Balaban J connectivity index is 1.28. The van der Waals surface area contributed by atoms with E-state index in [1.165, 1.54) is 5.56 Å². The zero-order valence-corrected chi connectivity index (χ0v) is 19.9. The predicted molar refractivity (Wildman–Crippen MR) is 141 cm³/mol. The van der Waals surface area contributed by atoms with E-state index in [0.717, 1.165) is 61.3 Å². The average molecular weight is 478 g/mol. The fourth-order valence-corrected chi connectivity index (χ4v) is 5.24. The molecule has 0 radical (unpaired) electrons. The van der Waals surface area contributed by atoms with Gasteiger partial charge in [-0.2, -0.15) is 0 Å². The molecule has 0 bridgehead atoms. The van der Waals surface area contributed by atoms with Crippen molar-refractivity contribution in [3.8, 4) is 23.0 Å². The van der Waals surface area contributed by atoms with E-state index in [0.29, 0.717) is 17.0 Å². The summed E-state index contributed by atoms with van der Waals surface area (Å²) < 4.78 is 7.75. The number of carbonyl (C=O) groups is 1. The molecule has 6 nitrogen and oxygen atoms in total. The third kappa shape index (κ3) is 4.34. The maximum absolute atomic E-state index is 12.1. The minimum absolute atomic E-state index is 0.0244. The van der Waals surface area contributed by atoms with Crippen LogP contribution in [0.25, 0.3) is 22.0 Å². The van der Waals surface area contributed by atoms with Gasteiger partial charge in [-0.3, -0.25) is 0 Å². The van der Waals surface area contributed by atoms with E-state index in [-0.39, 0.29) is 11.5 Å². The first kappa shape index (κ1) is 22.4. The number of H-pyrrole nitrogens is 1. The Kier molecular flexibility index (Phi) is 5.92. The van der Waals surface area contributed by atoms with Crippen molar-refractivity contribution >= 4 is 28.9 Å². The Bertz CT molecular complexity index is 1530. The molecule has 0 saturated carbocycles. The van der Waals surface area contributed by atoms with E-state index in [1.807, 2.05) is 42.7 Å². The van der Waals surface area contributed by atoms with E-state index < -0.39 is 5.97 Å². The van der Waals surface area contributed by atoms with Gasteiger partial charge in [0.25, 0.3) is 0 Å². The zero-order chi connectivity index (χ0) is 24.5. The quantitative estimate of drug-likeness (QED) is 0.371. The number of hydrogen-bond acceptors (Lipinski definition) is 3. The molecule has 2 aliphatic heterocycles. The van der Waals surface area contributed by atoms with Crippen molar-refractivity contribution < 1.29 is 14.6 Å². The number of rotatable bonds is 4. The Morgan fingerprint density at radius 3 is 2.92 bits per heavy atom. The number of aromatic amines is 1. The van der Waals surface area contributed by atoms with Gasteiger partial charge in [-0.15, -0.1) is 0 Å². The molecule has 2 N–H and O–H groups in total. The summed E-state index contributed by atoms with van der Waals surface area (Å²) in [6.45, 7) is 2.67. The highest BCUT2D eigenvalue weighted by Crippen LogP contribution is 2.32. The number of ether oxygens (including phenoxy) is 1. The number of nitrogens with one attached hydrogen (secondary N) is 1. The molecule has 0 spiro atoms. The highest BCUT2D eigenvalue weighted by Gasteiger charge is 2.21. The third-order valence-electron chi connectivity index (χ3n) is 7.16. The van der Waals surface area contributed by atoms with Gasteiger partial charge in [-0.05, 0) is 72.0 Å². The van der Waals surface area contributed by atoms with Crippen molar-refractivity contribution in [1.29, 1.82) is 0 Å². The van der Waals surface area contributed by atoms with E-state index in [9.17, 15) is 9.90 Å². The first-order valence-corrected chi connectivity index (χ1v) is 12.4. The Labute approximate surface area is 209 Å². The molecule has 1 saturated heterocycles. The van der Waals surface area contributed by atoms with Gasteiger partial charge in [-0.1, -0.05) is 30.0 Å². The minimum Gasteiger partial charge on any atom is -0.478 e. The van der Waals surface area contributed by atoms with Gasteiger partial charge in [0.2, 0.25) is 0 Å². The summed E-state index contributed by atoms with van der Waals surface area (Å²) in [5, 5.41) is 11.0. The first-order chi connectivity index (χ1) is 17.7. The Hall–Kier alpha value is -4.08. The molecule has 0 amide bonds. The second-order valence-electron chi connectivity index (χ2n) is 9.54. The van der Waals surface area contributed by atoms with E-state index in [1.54, 1.807) is 12.1 Å². The van der Waals surface area contributed by atoms with Gasteiger partial charge in [0.1, 0.15) is 5.82 Å². The van der Waals surface area contributed by atoms with Crippen LogP contribution >= 0.6 is 0 Å².